The lowest BCUT2D eigenvalue weighted by molar-refractivity contribution is -0.130. The van der Waals surface area contributed by atoms with E-state index in [0.717, 1.165) is 6.42 Å². The number of nitrogens with zero attached hydrogens (tertiary/aromatic N) is 4. The van der Waals surface area contributed by atoms with Crippen LogP contribution in [0.5, 0.6) is 0 Å². The van der Waals surface area contributed by atoms with Crippen molar-refractivity contribution in [2.45, 2.75) is 37.5 Å². The van der Waals surface area contributed by atoms with Gasteiger partial charge in [-0.2, -0.15) is 5.10 Å². The van der Waals surface area contributed by atoms with Crippen LogP contribution in [0.1, 0.15) is 37.3 Å². The lowest BCUT2D eigenvalue weighted by Gasteiger charge is -2.19. The van der Waals surface area contributed by atoms with Gasteiger partial charge in [0.25, 0.3) is 5.91 Å². The monoisotopic (exact) mass is 401 g/mol. The highest BCUT2D eigenvalue weighted by Gasteiger charge is 2.35. The van der Waals surface area contributed by atoms with E-state index in [0.29, 0.717) is 35.4 Å². The van der Waals surface area contributed by atoms with E-state index in [1.165, 1.54) is 21.3 Å². The lowest BCUT2D eigenvalue weighted by Crippen LogP contribution is -2.28. The third kappa shape index (κ3) is 3.55. The number of furan rings is 2. The highest BCUT2D eigenvalue weighted by atomic mass is 32.2. The number of amides is 1. The Morgan fingerprint density at radius 1 is 1.32 bits per heavy atom. The minimum Gasteiger partial charge on any atom is -0.467 e. The summed E-state index contributed by atoms with van der Waals surface area (Å²) in [6.07, 6.45) is 4.44. The van der Waals surface area contributed by atoms with E-state index in [1.54, 1.807) is 24.7 Å². The van der Waals surface area contributed by atoms with Crippen molar-refractivity contribution in [2.24, 2.45) is 5.10 Å². The standard InChI is InChI=1S/C18H19N5O4S/c1-2-7-22-17(25)19-20-18(22)28-11-16(24)23-13(15-6-4-9-27-15)10-12(21-23)14-5-3-8-26-14/h3-6,8-9,13H,2,7,10-11H2,1H3,(H,19,25)/t13-/m0/s1. The molecule has 1 N–H and O–H groups in total. The minimum atomic E-state index is -0.333. The lowest BCUT2D eigenvalue weighted by atomic mass is 10.1. The second-order valence-electron chi connectivity index (χ2n) is 6.25. The van der Waals surface area contributed by atoms with Gasteiger partial charge >= 0.3 is 5.69 Å². The summed E-state index contributed by atoms with van der Waals surface area (Å²) >= 11 is 1.21. The number of hydrogen-bond donors (Lipinski definition) is 1. The van der Waals surface area contributed by atoms with Crippen molar-refractivity contribution in [3.63, 3.8) is 0 Å². The maximum Gasteiger partial charge on any atom is 0.343 e. The van der Waals surface area contributed by atoms with Crippen LogP contribution in [0.3, 0.4) is 0 Å². The van der Waals surface area contributed by atoms with E-state index in [1.807, 2.05) is 19.1 Å². The number of nitrogens with one attached hydrogen (secondary N) is 1. The molecule has 0 aromatic carbocycles. The van der Waals surface area contributed by atoms with Gasteiger partial charge < -0.3 is 8.83 Å². The first-order chi connectivity index (χ1) is 13.7. The Labute approximate surface area is 164 Å². The number of hydrazone groups is 1. The first kappa shape index (κ1) is 18.4. The van der Waals surface area contributed by atoms with Crippen molar-refractivity contribution in [2.75, 3.05) is 5.75 Å². The third-order valence-corrected chi connectivity index (χ3v) is 5.30. The number of rotatable bonds is 7. The molecule has 0 unspecified atom stereocenters. The Bertz CT molecular complexity index is 1020. The van der Waals surface area contributed by atoms with Crippen LogP contribution in [0.4, 0.5) is 0 Å². The summed E-state index contributed by atoms with van der Waals surface area (Å²) in [7, 11) is 0. The highest BCUT2D eigenvalue weighted by molar-refractivity contribution is 7.99. The van der Waals surface area contributed by atoms with Crippen molar-refractivity contribution in [1.82, 2.24) is 19.8 Å². The average Bonchev–Trinajstić information content (AvgIpc) is 3.47. The summed E-state index contributed by atoms with van der Waals surface area (Å²) < 4.78 is 12.5. The van der Waals surface area contributed by atoms with Gasteiger partial charge in [0.05, 0.1) is 18.3 Å². The molecule has 1 atom stereocenters. The molecular weight excluding hydrogens is 382 g/mol. The van der Waals surface area contributed by atoms with Crippen LogP contribution in [0.25, 0.3) is 0 Å². The van der Waals surface area contributed by atoms with Gasteiger partial charge in [0.15, 0.2) is 5.16 Å². The summed E-state index contributed by atoms with van der Waals surface area (Å²) in [5.74, 6) is 1.18. The highest BCUT2D eigenvalue weighted by Crippen LogP contribution is 2.33. The SMILES string of the molecule is CCCn1c(SCC(=O)N2N=C(c3ccco3)C[C@H]2c2ccco2)n[nH]c1=O. The van der Waals surface area contributed by atoms with Gasteiger partial charge in [-0.05, 0) is 30.7 Å². The van der Waals surface area contributed by atoms with E-state index in [4.69, 9.17) is 8.83 Å². The summed E-state index contributed by atoms with van der Waals surface area (Å²) in [6.45, 7) is 2.52. The fourth-order valence-electron chi connectivity index (χ4n) is 3.06. The van der Waals surface area contributed by atoms with Crippen molar-refractivity contribution in [1.29, 1.82) is 0 Å². The van der Waals surface area contributed by atoms with Gasteiger partial charge in [-0.15, -0.1) is 5.10 Å². The molecule has 1 aliphatic rings. The number of aromatic nitrogens is 3. The molecule has 0 radical (unpaired) electrons. The second-order valence-corrected chi connectivity index (χ2v) is 7.19. The van der Waals surface area contributed by atoms with Gasteiger partial charge in [-0.25, -0.2) is 14.9 Å². The van der Waals surface area contributed by atoms with Crippen molar-refractivity contribution >= 4 is 23.4 Å². The predicted molar refractivity (Wildman–Crippen MR) is 102 cm³/mol. The third-order valence-electron chi connectivity index (χ3n) is 4.34. The van der Waals surface area contributed by atoms with Crippen LogP contribution in [-0.4, -0.2) is 37.1 Å². The summed E-state index contributed by atoms with van der Waals surface area (Å²) in [5.41, 5.74) is 0.414. The first-order valence-corrected chi connectivity index (χ1v) is 9.90. The number of carbonyl (C=O) groups is 1. The Hall–Kier alpha value is -3.01. The van der Waals surface area contributed by atoms with Crippen molar-refractivity contribution in [3.05, 3.63) is 58.8 Å². The molecule has 3 aromatic heterocycles. The molecule has 0 bridgehead atoms. The molecule has 1 amide bonds. The van der Waals surface area contributed by atoms with Crippen molar-refractivity contribution < 1.29 is 13.6 Å². The van der Waals surface area contributed by atoms with Crippen LogP contribution < -0.4 is 5.69 Å². The molecule has 3 aromatic rings. The first-order valence-electron chi connectivity index (χ1n) is 8.92. The van der Waals surface area contributed by atoms with E-state index in [9.17, 15) is 9.59 Å². The van der Waals surface area contributed by atoms with Crippen LogP contribution in [-0.2, 0) is 11.3 Å². The number of carbonyl (C=O) groups excluding carboxylic acids is 1. The molecule has 4 rings (SSSR count). The zero-order valence-electron chi connectivity index (χ0n) is 15.2. The van der Waals surface area contributed by atoms with E-state index in [2.05, 4.69) is 15.3 Å². The van der Waals surface area contributed by atoms with Crippen LogP contribution in [0.2, 0.25) is 0 Å². The second kappa shape index (κ2) is 7.93. The van der Waals surface area contributed by atoms with E-state index in [-0.39, 0.29) is 23.4 Å². The summed E-state index contributed by atoms with van der Waals surface area (Å²) in [4.78, 5) is 24.7. The van der Waals surface area contributed by atoms with Gasteiger partial charge in [0.1, 0.15) is 23.3 Å². The molecule has 28 heavy (non-hydrogen) atoms. The van der Waals surface area contributed by atoms with Gasteiger partial charge in [-0.3, -0.25) is 9.36 Å². The molecule has 1 aliphatic heterocycles. The maximum atomic E-state index is 12.9. The number of hydrogen-bond acceptors (Lipinski definition) is 7. The molecule has 146 valence electrons. The average molecular weight is 401 g/mol. The van der Waals surface area contributed by atoms with Crippen LogP contribution >= 0.6 is 11.8 Å². The normalized spacial score (nSPS) is 16.5. The Balaban J connectivity index is 1.53. The molecule has 9 nitrogen and oxygen atoms in total. The van der Waals surface area contributed by atoms with Crippen LogP contribution in [0.15, 0.2) is 60.7 Å². The van der Waals surface area contributed by atoms with Gasteiger partial charge in [-0.1, -0.05) is 18.7 Å². The largest absolute Gasteiger partial charge is 0.467 e. The zero-order chi connectivity index (χ0) is 19.5. The van der Waals surface area contributed by atoms with Gasteiger partial charge in [0, 0.05) is 13.0 Å². The molecule has 0 fully saturated rings. The summed E-state index contributed by atoms with van der Waals surface area (Å²) in [5, 5.41) is 12.8. The fraction of sp³-hybridized carbons (Fsp3) is 0.333. The number of H-pyrrole nitrogens is 1. The Kier molecular flexibility index (Phi) is 5.20. The van der Waals surface area contributed by atoms with Crippen LogP contribution in [0, 0.1) is 0 Å². The van der Waals surface area contributed by atoms with Crippen molar-refractivity contribution in [3.8, 4) is 0 Å². The molecule has 0 spiro atoms. The maximum absolute atomic E-state index is 12.9. The van der Waals surface area contributed by atoms with Gasteiger partial charge in [0.2, 0.25) is 0 Å². The summed E-state index contributed by atoms with van der Waals surface area (Å²) in [6, 6.07) is 6.87. The van der Waals surface area contributed by atoms with E-state index >= 15 is 0 Å². The smallest absolute Gasteiger partial charge is 0.343 e. The minimum absolute atomic E-state index is 0.0974. The number of thioether (sulfide) groups is 1. The quantitative estimate of drug-likeness (QED) is 0.610. The zero-order valence-corrected chi connectivity index (χ0v) is 16.0. The Morgan fingerprint density at radius 2 is 2.14 bits per heavy atom. The molecule has 10 heteroatoms. The topological polar surface area (TPSA) is 110 Å². The van der Waals surface area contributed by atoms with E-state index < -0.39 is 0 Å². The number of aromatic amines is 1. The predicted octanol–water partition coefficient (Wildman–Crippen LogP) is 2.64. The molecule has 0 saturated carbocycles. The molecule has 0 saturated heterocycles. The fourth-order valence-corrected chi connectivity index (χ4v) is 3.89. The Morgan fingerprint density at radius 3 is 2.86 bits per heavy atom. The molecule has 0 aliphatic carbocycles. The molecule has 4 heterocycles. The molecular formula is C18H19N5O4S.